The Hall–Kier alpha value is -3.01. The molecule has 0 bridgehead atoms. The lowest BCUT2D eigenvalue weighted by molar-refractivity contribution is -0.122. The van der Waals surface area contributed by atoms with Crippen LogP contribution in [0.2, 0.25) is 0 Å². The molecule has 4 rings (SSSR count). The van der Waals surface area contributed by atoms with Crippen LogP contribution >= 0.6 is 15.9 Å². The van der Waals surface area contributed by atoms with Gasteiger partial charge in [0, 0.05) is 32.2 Å². The lowest BCUT2D eigenvalue weighted by Gasteiger charge is -2.16. The molecule has 29 heavy (non-hydrogen) atoms. The van der Waals surface area contributed by atoms with Crippen LogP contribution in [0.3, 0.4) is 0 Å². The first-order valence-corrected chi connectivity index (χ1v) is 9.97. The van der Waals surface area contributed by atoms with Gasteiger partial charge in [-0.15, -0.1) is 0 Å². The van der Waals surface area contributed by atoms with E-state index in [1.54, 1.807) is 11.9 Å². The van der Waals surface area contributed by atoms with Crippen LogP contribution in [0.15, 0.2) is 40.0 Å². The third-order valence-corrected chi connectivity index (χ3v) is 5.45. The van der Waals surface area contributed by atoms with E-state index in [4.69, 9.17) is 0 Å². The molecule has 0 aliphatic carbocycles. The molecule has 2 amide bonds. The van der Waals surface area contributed by atoms with Crippen molar-refractivity contribution in [1.29, 1.82) is 0 Å². The number of hydrogen-bond acceptors (Lipinski definition) is 5. The van der Waals surface area contributed by atoms with E-state index in [2.05, 4.69) is 31.3 Å². The number of rotatable bonds is 5. The molecule has 0 saturated carbocycles. The van der Waals surface area contributed by atoms with Gasteiger partial charge in [0.25, 0.3) is 5.56 Å². The Bertz CT molecular complexity index is 1150. The maximum absolute atomic E-state index is 12.6. The van der Waals surface area contributed by atoms with E-state index in [9.17, 15) is 14.4 Å². The molecule has 1 fully saturated rings. The second kappa shape index (κ2) is 7.78. The second-order valence-corrected chi connectivity index (χ2v) is 7.63. The number of benzene rings is 1. The maximum Gasteiger partial charge on any atom is 0.266 e. The Labute approximate surface area is 174 Å². The number of carbonyl (C=O) groups is 2. The highest BCUT2D eigenvalue weighted by Gasteiger charge is 2.21. The Morgan fingerprint density at radius 3 is 2.69 bits per heavy atom. The van der Waals surface area contributed by atoms with E-state index in [-0.39, 0.29) is 23.9 Å². The number of fused-ring (bicyclic) bond motifs is 1. The minimum absolute atomic E-state index is 0.135. The summed E-state index contributed by atoms with van der Waals surface area (Å²) in [7, 11) is 1.70. The Morgan fingerprint density at radius 2 is 2.00 bits per heavy atom. The van der Waals surface area contributed by atoms with Crippen LogP contribution in [0.4, 0.5) is 5.69 Å². The summed E-state index contributed by atoms with van der Waals surface area (Å²) in [5.74, 6) is -0.158. The number of halogens is 1. The van der Waals surface area contributed by atoms with Gasteiger partial charge >= 0.3 is 0 Å². The third-order valence-electron chi connectivity index (χ3n) is 4.89. The summed E-state index contributed by atoms with van der Waals surface area (Å²) >= 11 is 3.25. The number of aromatic nitrogens is 4. The minimum Gasteiger partial charge on any atom is -0.350 e. The van der Waals surface area contributed by atoms with Gasteiger partial charge in [-0.05, 0) is 40.0 Å². The van der Waals surface area contributed by atoms with Gasteiger partial charge in [-0.2, -0.15) is 5.10 Å². The van der Waals surface area contributed by atoms with E-state index in [1.165, 1.54) is 15.6 Å². The van der Waals surface area contributed by atoms with E-state index < -0.39 is 0 Å². The van der Waals surface area contributed by atoms with Gasteiger partial charge in [0.2, 0.25) is 11.8 Å². The van der Waals surface area contributed by atoms with Crippen molar-refractivity contribution < 1.29 is 9.59 Å². The molecule has 1 aromatic carbocycles. The topological polar surface area (TPSA) is 102 Å². The number of amides is 2. The average molecular weight is 459 g/mol. The van der Waals surface area contributed by atoms with Gasteiger partial charge < -0.3 is 10.2 Å². The molecule has 1 saturated heterocycles. The molecule has 150 valence electrons. The smallest absolute Gasteiger partial charge is 0.266 e. The molecule has 1 N–H and O–H groups in total. The summed E-state index contributed by atoms with van der Waals surface area (Å²) in [6.07, 6.45) is 2.82. The summed E-state index contributed by atoms with van der Waals surface area (Å²) in [5, 5.41) is 7.26. The molecule has 0 radical (unpaired) electrons. The number of carbonyl (C=O) groups excluding carboxylic acids is 2. The molecule has 0 atom stereocenters. The molecular weight excluding hydrogens is 440 g/mol. The van der Waals surface area contributed by atoms with Crippen molar-refractivity contribution in [2.24, 2.45) is 7.05 Å². The standard InChI is InChI=1S/C19H19BrN6O3/c1-24-18-16(17(20)23-24)19(29)25(11-22-18)10-14(27)21-9-12-4-6-13(7-5-12)26-8-2-3-15(26)28/h4-7,11H,2-3,8-10H2,1H3,(H,21,27). The quantitative estimate of drug-likeness (QED) is 0.621. The molecule has 3 aromatic rings. The van der Waals surface area contributed by atoms with Crippen LogP contribution in [0, 0.1) is 0 Å². The summed E-state index contributed by atoms with van der Waals surface area (Å²) in [6, 6.07) is 7.53. The summed E-state index contributed by atoms with van der Waals surface area (Å²) in [5.41, 5.74) is 1.90. The van der Waals surface area contributed by atoms with E-state index >= 15 is 0 Å². The van der Waals surface area contributed by atoms with Crippen LogP contribution in [0.1, 0.15) is 18.4 Å². The fourth-order valence-electron chi connectivity index (χ4n) is 3.37. The van der Waals surface area contributed by atoms with Crippen LogP contribution in [0.25, 0.3) is 11.0 Å². The Kier molecular flexibility index (Phi) is 5.18. The van der Waals surface area contributed by atoms with E-state index in [0.29, 0.717) is 28.6 Å². The van der Waals surface area contributed by atoms with Crippen LogP contribution < -0.4 is 15.8 Å². The molecule has 1 aliphatic heterocycles. The molecular formula is C19H19BrN6O3. The number of nitrogens with one attached hydrogen (secondary N) is 1. The largest absolute Gasteiger partial charge is 0.350 e. The number of nitrogens with zero attached hydrogens (tertiary/aromatic N) is 5. The van der Waals surface area contributed by atoms with Crippen molar-refractivity contribution in [3.8, 4) is 0 Å². The first-order chi connectivity index (χ1) is 13.9. The lowest BCUT2D eigenvalue weighted by atomic mass is 10.2. The first kappa shape index (κ1) is 19.3. The number of hydrogen-bond donors (Lipinski definition) is 1. The Morgan fingerprint density at radius 1 is 1.24 bits per heavy atom. The molecule has 0 unspecified atom stereocenters. The van der Waals surface area contributed by atoms with Crippen molar-refractivity contribution in [3.63, 3.8) is 0 Å². The van der Waals surface area contributed by atoms with Crippen LogP contribution in [-0.2, 0) is 29.7 Å². The third kappa shape index (κ3) is 3.80. The second-order valence-electron chi connectivity index (χ2n) is 6.88. The van der Waals surface area contributed by atoms with Gasteiger partial charge in [0.05, 0.1) is 0 Å². The van der Waals surface area contributed by atoms with Crippen molar-refractivity contribution >= 4 is 44.5 Å². The minimum atomic E-state index is -0.329. The van der Waals surface area contributed by atoms with Gasteiger partial charge in [0.1, 0.15) is 22.9 Å². The van der Waals surface area contributed by atoms with Crippen molar-refractivity contribution in [2.75, 3.05) is 11.4 Å². The first-order valence-electron chi connectivity index (χ1n) is 9.17. The highest BCUT2D eigenvalue weighted by atomic mass is 79.9. The highest BCUT2D eigenvalue weighted by molar-refractivity contribution is 9.10. The van der Waals surface area contributed by atoms with Crippen LogP contribution in [-0.4, -0.2) is 37.7 Å². The van der Waals surface area contributed by atoms with Gasteiger partial charge in [0.15, 0.2) is 5.65 Å². The fraction of sp³-hybridized carbons (Fsp3) is 0.316. The van der Waals surface area contributed by atoms with Gasteiger partial charge in [-0.3, -0.25) is 19.0 Å². The van der Waals surface area contributed by atoms with E-state index in [1.807, 2.05) is 24.3 Å². The molecule has 1 aliphatic rings. The summed E-state index contributed by atoms with van der Waals surface area (Å²) in [4.78, 5) is 42.7. The van der Waals surface area contributed by atoms with Gasteiger partial charge in [-0.1, -0.05) is 12.1 Å². The maximum atomic E-state index is 12.6. The molecule has 3 heterocycles. The predicted octanol–water partition coefficient (Wildman–Crippen LogP) is 1.34. The molecule has 9 nitrogen and oxygen atoms in total. The number of aryl methyl sites for hydroxylation is 1. The predicted molar refractivity (Wildman–Crippen MR) is 110 cm³/mol. The van der Waals surface area contributed by atoms with Gasteiger partial charge in [-0.25, -0.2) is 9.67 Å². The van der Waals surface area contributed by atoms with Crippen molar-refractivity contribution in [3.05, 3.63) is 51.1 Å². The van der Waals surface area contributed by atoms with Crippen LogP contribution in [0.5, 0.6) is 0 Å². The van der Waals surface area contributed by atoms with Crippen molar-refractivity contribution in [2.45, 2.75) is 25.9 Å². The Balaban J connectivity index is 1.40. The molecule has 2 aromatic heterocycles. The zero-order chi connectivity index (χ0) is 20.5. The summed E-state index contributed by atoms with van der Waals surface area (Å²) in [6.45, 7) is 0.937. The van der Waals surface area contributed by atoms with Crippen molar-refractivity contribution in [1.82, 2.24) is 24.6 Å². The highest BCUT2D eigenvalue weighted by Crippen LogP contribution is 2.21. The monoisotopic (exact) mass is 458 g/mol. The zero-order valence-corrected chi connectivity index (χ0v) is 17.3. The molecule has 10 heteroatoms. The van der Waals surface area contributed by atoms with E-state index in [0.717, 1.165) is 24.2 Å². The zero-order valence-electron chi connectivity index (χ0n) is 15.8. The number of anilines is 1. The summed E-state index contributed by atoms with van der Waals surface area (Å²) < 4.78 is 3.16. The SMILES string of the molecule is Cn1nc(Br)c2c(=O)n(CC(=O)NCc3ccc(N4CCCC4=O)cc3)cnc21. The fourth-order valence-corrected chi connectivity index (χ4v) is 3.96. The normalized spacial score (nSPS) is 14.0. The lowest BCUT2D eigenvalue weighted by Crippen LogP contribution is -2.32. The average Bonchev–Trinajstić information content (AvgIpc) is 3.25. The molecule has 0 spiro atoms.